The molecule has 64 valence electrons. The lowest BCUT2D eigenvalue weighted by molar-refractivity contribution is -0.144. The molecule has 0 radical (unpaired) electrons. The first-order chi connectivity index (χ1) is 5.83. The van der Waals surface area contributed by atoms with Crippen LogP contribution in [0.5, 0.6) is 0 Å². The second-order valence-corrected chi connectivity index (χ2v) is 2.62. The van der Waals surface area contributed by atoms with Crippen molar-refractivity contribution in [3.05, 3.63) is 5.82 Å². The van der Waals surface area contributed by atoms with E-state index in [4.69, 9.17) is 0 Å². The molecule has 0 bridgehead atoms. The average molecular weight is 168 g/mol. The second-order valence-electron chi connectivity index (χ2n) is 2.62. The molecule has 1 aromatic heterocycles. The lowest BCUT2D eigenvalue weighted by atomic mass is 10.2. The van der Waals surface area contributed by atoms with Crippen LogP contribution >= 0.6 is 0 Å². The molecular formula is C6H8N4O2. The normalized spacial score (nSPS) is 20.6. The van der Waals surface area contributed by atoms with Crippen molar-refractivity contribution in [2.45, 2.75) is 18.9 Å². The summed E-state index contributed by atoms with van der Waals surface area (Å²) >= 11 is 0. The minimum absolute atomic E-state index is 0.277. The van der Waals surface area contributed by atoms with Gasteiger partial charge in [-0.15, -0.1) is 5.10 Å². The maximum atomic E-state index is 11.1. The molecule has 1 aliphatic rings. The number of fused-ring (bicyclic) bond motifs is 1. The van der Waals surface area contributed by atoms with E-state index in [1.165, 1.54) is 11.8 Å². The molecule has 0 aliphatic carbocycles. The highest BCUT2D eigenvalue weighted by Crippen LogP contribution is 2.22. The van der Waals surface area contributed by atoms with Crippen molar-refractivity contribution in [1.29, 1.82) is 0 Å². The van der Waals surface area contributed by atoms with Crippen LogP contribution in [0, 0.1) is 0 Å². The maximum Gasteiger partial charge on any atom is 0.330 e. The second kappa shape index (κ2) is 2.54. The number of carbonyl (C=O) groups excluding carboxylic acids is 1. The van der Waals surface area contributed by atoms with E-state index in [1.54, 1.807) is 0 Å². The van der Waals surface area contributed by atoms with Gasteiger partial charge in [-0.05, 0) is 16.8 Å². The zero-order valence-electron chi connectivity index (χ0n) is 6.60. The molecule has 0 aromatic carbocycles. The highest BCUT2D eigenvalue weighted by Gasteiger charge is 2.31. The molecule has 6 heteroatoms. The summed E-state index contributed by atoms with van der Waals surface area (Å²) in [7, 11) is 1.37. The SMILES string of the molecule is COC(=O)[C@@H]1CCc2nnnn21. The van der Waals surface area contributed by atoms with Crippen LogP contribution in [0.2, 0.25) is 0 Å². The van der Waals surface area contributed by atoms with E-state index in [9.17, 15) is 4.79 Å². The monoisotopic (exact) mass is 168 g/mol. The summed E-state index contributed by atoms with van der Waals surface area (Å²) in [5, 5.41) is 10.9. The Labute approximate surface area is 68.5 Å². The molecule has 1 aromatic rings. The van der Waals surface area contributed by atoms with E-state index in [0.29, 0.717) is 6.42 Å². The van der Waals surface area contributed by atoms with E-state index in [-0.39, 0.29) is 12.0 Å². The van der Waals surface area contributed by atoms with Crippen LogP contribution in [0.15, 0.2) is 0 Å². The molecule has 6 nitrogen and oxygen atoms in total. The van der Waals surface area contributed by atoms with Gasteiger partial charge in [0, 0.05) is 6.42 Å². The van der Waals surface area contributed by atoms with Crippen molar-refractivity contribution in [1.82, 2.24) is 20.2 Å². The molecule has 0 saturated heterocycles. The van der Waals surface area contributed by atoms with Gasteiger partial charge >= 0.3 is 5.97 Å². The number of nitrogens with zero attached hydrogens (tertiary/aromatic N) is 4. The lowest BCUT2D eigenvalue weighted by Crippen LogP contribution is -2.18. The Hall–Kier alpha value is -1.46. The summed E-state index contributed by atoms with van der Waals surface area (Å²) in [6.07, 6.45) is 1.46. The maximum absolute atomic E-state index is 11.1. The third-order valence-electron chi connectivity index (χ3n) is 1.97. The van der Waals surface area contributed by atoms with Crippen LogP contribution in [0.3, 0.4) is 0 Å². The highest BCUT2D eigenvalue weighted by molar-refractivity contribution is 5.74. The van der Waals surface area contributed by atoms with Crippen LogP contribution in [-0.4, -0.2) is 33.3 Å². The number of carbonyl (C=O) groups is 1. The van der Waals surface area contributed by atoms with E-state index >= 15 is 0 Å². The van der Waals surface area contributed by atoms with E-state index < -0.39 is 0 Å². The molecule has 0 N–H and O–H groups in total. The Morgan fingerprint density at radius 3 is 3.33 bits per heavy atom. The van der Waals surface area contributed by atoms with Crippen LogP contribution in [0.1, 0.15) is 18.3 Å². The first kappa shape index (κ1) is 7.20. The molecule has 2 rings (SSSR count). The van der Waals surface area contributed by atoms with Crippen molar-refractivity contribution < 1.29 is 9.53 Å². The molecule has 12 heavy (non-hydrogen) atoms. The summed E-state index contributed by atoms with van der Waals surface area (Å²) in [5.41, 5.74) is 0. The molecule has 0 amide bonds. The number of aromatic nitrogens is 4. The minimum Gasteiger partial charge on any atom is -0.467 e. The number of esters is 1. The molecule has 1 atom stereocenters. The molecule has 0 spiro atoms. The van der Waals surface area contributed by atoms with Gasteiger partial charge < -0.3 is 4.74 Å². The first-order valence-corrected chi connectivity index (χ1v) is 3.67. The summed E-state index contributed by atoms with van der Waals surface area (Å²) < 4.78 is 6.12. The standard InChI is InChI=1S/C6H8N4O2/c1-12-6(11)4-2-3-5-7-8-9-10(4)5/h4H,2-3H2,1H3/t4-/m0/s1. The number of hydrogen-bond donors (Lipinski definition) is 0. The van der Waals surface area contributed by atoms with Crippen LogP contribution in [0.25, 0.3) is 0 Å². The fraction of sp³-hybridized carbons (Fsp3) is 0.667. The van der Waals surface area contributed by atoms with Crippen LogP contribution in [-0.2, 0) is 16.0 Å². The van der Waals surface area contributed by atoms with Gasteiger partial charge in [0.2, 0.25) is 0 Å². The van der Waals surface area contributed by atoms with Gasteiger partial charge in [-0.1, -0.05) is 0 Å². The average Bonchev–Trinajstić information content (AvgIpc) is 2.62. The van der Waals surface area contributed by atoms with E-state index in [2.05, 4.69) is 20.3 Å². The highest BCUT2D eigenvalue weighted by atomic mass is 16.5. The van der Waals surface area contributed by atoms with Gasteiger partial charge in [-0.3, -0.25) is 0 Å². The first-order valence-electron chi connectivity index (χ1n) is 3.67. The van der Waals surface area contributed by atoms with Gasteiger partial charge in [-0.2, -0.15) is 0 Å². The number of hydrogen-bond acceptors (Lipinski definition) is 5. The summed E-state index contributed by atoms with van der Waals surface area (Å²) in [6.45, 7) is 0. The molecular weight excluding hydrogens is 160 g/mol. The number of ether oxygens (including phenoxy) is 1. The smallest absolute Gasteiger partial charge is 0.330 e. The molecule has 1 aliphatic heterocycles. The van der Waals surface area contributed by atoms with E-state index in [1.807, 2.05) is 0 Å². The zero-order chi connectivity index (χ0) is 8.55. The fourth-order valence-electron chi connectivity index (χ4n) is 1.36. The van der Waals surface area contributed by atoms with Crippen LogP contribution in [0.4, 0.5) is 0 Å². The predicted molar refractivity (Wildman–Crippen MR) is 37.2 cm³/mol. The number of aryl methyl sites for hydroxylation is 1. The largest absolute Gasteiger partial charge is 0.467 e. The Bertz CT molecular complexity index is 308. The quantitative estimate of drug-likeness (QED) is 0.520. The van der Waals surface area contributed by atoms with Crippen LogP contribution < -0.4 is 0 Å². The number of methoxy groups -OCH3 is 1. The van der Waals surface area contributed by atoms with Gasteiger partial charge in [-0.25, -0.2) is 9.48 Å². The topological polar surface area (TPSA) is 69.9 Å². The van der Waals surface area contributed by atoms with Gasteiger partial charge in [0.1, 0.15) is 0 Å². The summed E-state index contributed by atoms with van der Waals surface area (Å²) in [4.78, 5) is 11.1. The van der Waals surface area contributed by atoms with Crippen molar-refractivity contribution >= 4 is 5.97 Å². The van der Waals surface area contributed by atoms with Crippen molar-refractivity contribution in [2.75, 3.05) is 7.11 Å². The minimum atomic E-state index is -0.319. The zero-order valence-corrected chi connectivity index (χ0v) is 6.60. The fourth-order valence-corrected chi connectivity index (χ4v) is 1.36. The van der Waals surface area contributed by atoms with Crippen molar-refractivity contribution in [3.8, 4) is 0 Å². The Morgan fingerprint density at radius 1 is 1.75 bits per heavy atom. The molecule has 0 fully saturated rings. The molecule has 2 heterocycles. The predicted octanol–water partition coefficient (Wildman–Crippen LogP) is -0.667. The van der Waals surface area contributed by atoms with Gasteiger partial charge in [0.25, 0.3) is 0 Å². The van der Waals surface area contributed by atoms with Gasteiger partial charge in [0.05, 0.1) is 7.11 Å². The van der Waals surface area contributed by atoms with Gasteiger partial charge in [0.15, 0.2) is 11.9 Å². The lowest BCUT2D eigenvalue weighted by Gasteiger charge is -2.06. The Kier molecular flexibility index (Phi) is 1.53. The summed E-state index contributed by atoms with van der Waals surface area (Å²) in [6, 6.07) is -0.319. The van der Waals surface area contributed by atoms with E-state index in [0.717, 1.165) is 12.2 Å². The summed E-state index contributed by atoms with van der Waals surface area (Å²) in [5.74, 6) is 0.478. The number of tetrazole rings is 1. The number of rotatable bonds is 1. The molecule has 0 saturated carbocycles. The van der Waals surface area contributed by atoms with Crippen molar-refractivity contribution in [2.24, 2.45) is 0 Å². The van der Waals surface area contributed by atoms with Crippen molar-refractivity contribution in [3.63, 3.8) is 0 Å². The molecule has 0 unspecified atom stereocenters. The Morgan fingerprint density at radius 2 is 2.58 bits per heavy atom. The Balaban J connectivity index is 2.28. The third kappa shape index (κ3) is 0.876. The third-order valence-corrected chi connectivity index (χ3v) is 1.97.